The summed E-state index contributed by atoms with van der Waals surface area (Å²) < 4.78 is 0. The molecule has 0 aliphatic carbocycles. The van der Waals surface area contributed by atoms with Gasteiger partial charge in [0.25, 0.3) is 0 Å². The van der Waals surface area contributed by atoms with Gasteiger partial charge in [0, 0.05) is 17.7 Å². The van der Waals surface area contributed by atoms with Crippen LogP contribution in [0.4, 0.5) is 11.4 Å². The van der Waals surface area contributed by atoms with E-state index in [1.54, 1.807) is 6.21 Å². The third-order valence-corrected chi connectivity index (χ3v) is 3.93. The monoisotopic (exact) mass is 325 g/mol. The van der Waals surface area contributed by atoms with Crippen LogP contribution >= 0.6 is 11.6 Å². The van der Waals surface area contributed by atoms with Gasteiger partial charge in [-0.2, -0.15) is 5.10 Å². The molecule has 2 aromatic rings. The van der Waals surface area contributed by atoms with Gasteiger partial charge in [0.1, 0.15) is 5.16 Å². The number of hydrazone groups is 1. The van der Waals surface area contributed by atoms with Crippen molar-refractivity contribution in [3.05, 3.63) is 71.4 Å². The SMILES string of the molecule is O=C1CCC(/C=N\Nc2ccccc2)=C(Cl)N1c1ccccc1. The third-order valence-electron chi connectivity index (χ3n) is 3.52. The van der Waals surface area contributed by atoms with Crippen LogP contribution in [0.15, 0.2) is 76.5 Å². The average Bonchev–Trinajstić information content (AvgIpc) is 2.59. The number of carbonyl (C=O) groups excluding carboxylic acids is 1. The van der Waals surface area contributed by atoms with Gasteiger partial charge in [-0.15, -0.1) is 0 Å². The summed E-state index contributed by atoms with van der Waals surface area (Å²) in [4.78, 5) is 13.7. The van der Waals surface area contributed by atoms with Crippen molar-refractivity contribution in [2.24, 2.45) is 5.10 Å². The van der Waals surface area contributed by atoms with Crippen LogP contribution < -0.4 is 10.3 Å². The second-order valence-corrected chi connectivity index (χ2v) is 5.47. The van der Waals surface area contributed by atoms with E-state index in [-0.39, 0.29) is 5.91 Å². The summed E-state index contributed by atoms with van der Waals surface area (Å²) in [6, 6.07) is 19.0. The lowest BCUT2D eigenvalue weighted by molar-refractivity contribution is -0.118. The second-order valence-electron chi connectivity index (χ2n) is 5.12. The number of nitrogens with one attached hydrogen (secondary N) is 1. The largest absolute Gasteiger partial charge is 0.279 e. The normalized spacial score (nSPS) is 15.3. The lowest BCUT2D eigenvalue weighted by Gasteiger charge is -2.27. The van der Waals surface area contributed by atoms with Crippen molar-refractivity contribution in [1.82, 2.24) is 0 Å². The molecule has 3 rings (SSSR count). The molecule has 23 heavy (non-hydrogen) atoms. The number of anilines is 2. The number of hydrogen-bond acceptors (Lipinski definition) is 3. The first-order valence-electron chi connectivity index (χ1n) is 7.36. The van der Waals surface area contributed by atoms with Crippen LogP contribution in [0.2, 0.25) is 0 Å². The van der Waals surface area contributed by atoms with Gasteiger partial charge in [0.2, 0.25) is 5.91 Å². The smallest absolute Gasteiger partial charge is 0.232 e. The van der Waals surface area contributed by atoms with Gasteiger partial charge in [-0.05, 0) is 30.7 Å². The molecule has 4 nitrogen and oxygen atoms in total. The first-order chi connectivity index (χ1) is 11.3. The molecule has 1 aliphatic heterocycles. The molecule has 0 radical (unpaired) electrons. The lowest BCUT2D eigenvalue weighted by Crippen LogP contribution is -2.32. The molecule has 0 bridgehead atoms. The predicted molar refractivity (Wildman–Crippen MR) is 94.6 cm³/mol. The van der Waals surface area contributed by atoms with Gasteiger partial charge < -0.3 is 0 Å². The Morgan fingerprint density at radius 1 is 1.00 bits per heavy atom. The van der Waals surface area contributed by atoms with Crippen LogP contribution in [-0.2, 0) is 4.79 Å². The fourth-order valence-electron chi connectivity index (χ4n) is 2.36. The highest BCUT2D eigenvalue weighted by Crippen LogP contribution is 2.30. The van der Waals surface area contributed by atoms with Crippen LogP contribution in [0.25, 0.3) is 0 Å². The number of para-hydroxylation sites is 2. The molecule has 0 saturated heterocycles. The summed E-state index contributed by atoms with van der Waals surface area (Å²) in [6.07, 6.45) is 2.68. The van der Waals surface area contributed by atoms with Crippen LogP contribution in [0.3, 0.4) is 0 Å². The van der Waals surface area contributed by atoms with E-state index in [4.69, 9.17) is 11.6 Å². The Balaban J connectivity index is 1.80. The maximum absolute atomic E-state index is 12.2. The molecule has 1 heterocycles. The van der Waals surface area contributed by atoms with Gasteiger partial charge in [0.15, 0.2) is 0 Å². The van der Waals surface area contributed by atoms with Crippen LogP contribution in [0.1, 0.15) is 12.8 Å². The van der Waals surface area contributed by atoms with E-state index >= 15 is 0 Å². The fourth-order valence-corrected chi connectivity index (χ4v) is 2.69. The Hall–Kier alpha value is -2.59. The van der Waals surface area contributed by atoms with Crippen molar-refractivity contribution < 1.29 is 4.79 Å². The molecular formula is C18H16ClN3O. The Kier molecular flexibility index (Phi) is 4.74. The molecule has 0 unspecified atom stereocenters. The molecular weight excluding hydrogens is 310 g/mol. The van der Waals surface area contributed by atoms with Gasteiger partial charge >= 0.3 is 0 Å². The molecule has 116 valence electrons. The molecule has 1 aliphatic rings. The van der Waals surface area contributed by atoms with Gasteiger partial charge in [0.05, 0.1) is 11.9 Å². The number of nitrogens with zero attached hydrogens (tertiary/aromatic N) is 2. The van der Waals surface area contributed by atoms with Crippen LogP contribution in [-0.4, -0.2) is 12.1 Å². The third kappa shape index (κ3) is 3.60. The second kappa shape index (κ2) is 7.11. The topological polar surface area (TPSA) is 44.7 Å². The number of carbonyl (C=O) groups is 1. The first kappa shape index (κ1) is 15.3. The zero-order chi connectivity index (χ0) is 16.1. The number of amides is 1. The highest BCUT2D eigenvalue weighted by atomic mass is 35.5. The van der Waals surface area contributed by atoms with E-state index in [1.807, 2.05) is 60.7 Å². The number of benzene rings is 2. The molecule has 1 N–H and O–H groups in total. The number of hydrogen-bond donors (Lipinski definition) is 1. The van der Waals surface area contributed by atoms with Gasteiger partial charge in [-0.25, -0.2) is 0 Å². The van der Waals surface area contributed by atoms with Crippen molar-refractivity contribution >= 4 is 35.1 Å². The molecule has 0 spiro atoms. The summed E-state index contributed by atoms with van der Waals surface area (Å²) in [7, 11) is 0. The Morgan fingerprint density at radius 2 is 1.65 bits per heavy atom. The molecule has 0 saturated carbocycles. The highest BCUT2D eigenvalue weighted by Gasteiger charge is 2.26. The molecule has 0 fully saturated rings. The van der Waals surface area contributed by atoms with E-state index in [9.17, 15) is 4.79 Å². The minimum atomic E-state index is -0.00521. The summed E-state index contributed by atoms with van der Waals surface area (Å²) in [6.45, 7) is 0. The quantitative estimate of drug-likeness (QED) is 0.515. The minimum absolute atomic E-state index is 0.00521. The average molecular weight is 326 g/mol. The van der Waals surface area contributed by atoms with E-state index < -0.39 is 0 Å². The molecule has 2 aromatic carbocycles. The lowest BCUT2D eigenvalue weighted by atomic mass is 10.1. The first-order valence-corrected chi connectivity index (χ1v) is 7.74. The van der Waals surface area contributed by atoms with Crippen molar-refractivity contribution in [1.29, 1.82) is 0 Å². The number of allylic oxidation sites excluding steroid dienone is 1. The van der Waals surface area contributed by atoms with Crippen LogP contribution in [0.5, 0.6) is 0 Å². The fraction of sp³-hybridized carbons (Fsp3) is 0.111. The summed E-state index contributed by atoms with van der Waals surface area (Å²) >= 11 is 6.43. The van der Waals surface area contributed by atoms with E-state index in [2.05, 4.69) is 10.5 Å². The standard InChI is InChI=1S/C18H16ClN3O/c19-18-14(13-20-21-15-7-3-1-4-8-15)11-12-17(23)22(18)16-9-5-2-6-10-16/h1-10,13,21H,11-12H2/b20-13-. The summed E-state index contributed by atoms with van der Waals surface area (Å²) in [5, 5.41) is 4.62. The van der Waals surface area contributed by atoms with Crippen molar-refractivity contribution in [2.45, 2.75) is 12.8 Å². The summed E-state index contributed by atoms with van der Waals surface area (Å²) in [5.41, 5.74) is 5.45. The van der Waals surface area contributed by atoms with Crippen molar-refractivity contribution in [3.8, 4) is 0 Å². The summed E-state index contributed by atoms with van der Waals surface area (Å²) in [5.74, 6) is -0.00521. The molecule has 1 amide bonds. The van der Waals surface area contributed by atoms with Crippen molar-refractivity contribution in [2.75, 3.05) is 10.3 Å². The van der Waals surface area contributed by atoms with E-state index in [0.717, 1.165) is 16.9 Å². The van der Waals surface area contributed by atoms with Crippen LogP contribution in [0, 0.1) is 0 Å². The minimum Gasteiger partial charge on any atom is -0.279 e. The van der Waals surface area contributed by atoms with E-state index in [0.29, 0.717) is 18.0 Å². The zero-order valence-corrected chi connectivity index (χ0v) is 13.2. The Morgan fingerprint density at radius 3 is 2.35 bits per heavy atom. The molecule has 0 aromatic heterocycles. The number of rotatable bonds is 4. The Labute approximate surface area is 140 Å². The Bertz CT molecular complexity index is 741. The van der Waals surface area contributed by atoms with Gasteiger partial charge in [-0.1, -0.05) is 48.0 Å². The van der Waals surface area contributed by atoms with Gasteiger partial charge in [-0.3, -0.25) is 15.1 Å². The predicted octanol–water partition coefficient (Wildman–Crippen LogP) is 4.36. The van der Waals surface area contributed by atoms with Crippen molar-refractivity contribution in [3.63, 3.8) is 0 Å². The molecule has 0 atom stereocenters. The zero-order valence-electron chi connectivity index (χ0n) is 12.4. The van der Waals surface area contributed by atoms with E-state index in [1.165, 1.54) is 4.90 Å². The maximum atomic E-state index is 12.2. The highest BCUT2D eigenvalue weighted by molar-refractivity contribution is 6.35. The molecule has 5 heteroatoms. The number of halogens is 1. The maximum Gasteiger partial charge on any atom is 0.232 e.